The summed E-state index contributed by atoms with van der Waals surface area (Å²) in [4.78, 5) is 12.6. The molecule has 2 aromatic rings. The third kappa shape index (κ3) is 3.22. The molecule has 3 heteroatoms. The maximum Gasteiger partial charge on any atom is 0.256 e. The van der Waals surface area contributed by atoms with Gasteiger partial charge in [-0.15, -0.1) is 0 Å². The van der Waals surface area contributed by atoms with Crippen molar-refractivity contribution < 1.29 is 4.79 Å². The summed E-state index contributed by atoms with van der Waals surface area (Å²) in [7, 11) is 0. The van der Waals surface area contributed by atoms with Crippen molar-refractivity contribution in [1.29, 1.82) is 0 Å². The molecule has 4 saturated carbocycles. The Hall–Kier alpha value is -1.36. The minimum Gasteiger partial charge on any atom is -0.322 e. The monoisotopic (exact) mass is 471 g/mol. The van der Waals surface area contributed by atoms with Gasteiger partial charge in [-0.1, -0.05) is 23.8 Å². The van der Waals surface area contributed by atoms with E-state index in [0.29, 0.717) is 5.41 Å². The third-order valence-electron chi connectivity index (χ3n) is 7.16. The average molecular weight is 471 g/mol. The summed E-state index contributed by atoms with van der Waals surface area (Å²) >= 11 is 2.24. The summed E-state index contributed by atoms with van der Waals surface area (Å²) in [5, 5.41) is 3.08. The number of rotatable bonds is 3. The van der Waals surface area contributed by atoms with Crippen LogP contribution < -0.4 is 5.32 Å². The maximum absolute atomic E-state index is 12.6. The van der Waals surface area contributed by atoms with Gasteiger partial charge in [-0.25, -0.2) is 0 Å². The van der Waals surface area contributed by atoms with Crippen LogP contribution >= 0.6 is 22.6 Å². The lowest BCUT2D eigenvalue weighted by molar-refractivity contribution is -0.00518. The summed E-state index contributed by atoms with van der Waals surface area (Å²) in [5.41, 5.74) is 4.74. The molecule has 4 aliphatic rings. The van der Waals surface area contributed by atoms with E-state index in [1.807, 2.05) is 25.1 Å². The number of carbonyl (C=O) groups is 1. The highest BCUT2D eigenvalue weighted by molar-refractivity contribution is 14.1. The number of amides is 1. The van der Waals surface area contributed by atoms with Crippen molar-refractivity contribution in [3.05, 3.63) is 62.7 Å². The minimum atomic E-state index is -0.0260. The number of hydrogen-bond acceptors (Lipinski definition) is 1. The molecule has 1 N–H and O–H groups in total. The summed E-state index contributed by atoms with van der Waals surface area (Å²) in [6, 6.07) is 14.7. The Bertz CT molecular complexity index is 850. The third-order valence-corrected chi connectivity index (χ3v) is 8.06. The van der Waals surface area contributed by atoms with E-state index in [1.54, 1.807) is 0 Å². The van der Waals surface area contributed by atoms with E-state index in [4.69, 9.17) is 0 Å². The van der Waals surface area contributed by atoms with Crippen LogP contribution in [-0.4, -0.2) is 5.91 Å². The average Bonchev–Trinajstić information content (AvgIpc) is 2.61. The smallest absolute Gasteiger partial charge is 0.256 e. The highest BCUT2D eigenvalue weighted by atomic mass is 127. The van der Waals surface area contributed by atoms with E-state index in [9.17, 15) is 4.79 Å². The Morgan fingerprint density at radius 3 is 2.11 bits per heavy atom. The molecule has 2 aromatic carbocycles. The van der Waals surface area contributed by atoms with Gasteiger partial charge in [-0.05, 0) is 121 Å². The van der Waals surface area contributed by atoms with E-state index < -0.39 is 0 Å². The molecular formula is C24H26INO. The Balaban J connectivity index is 1.34. The number of aryl methyl sites for hydroxylation is 1. The topological polar surface area (TPSA) is 29.1 Å². The van der Waals surface area contributed by atoms with E-state index >= 15 is 0 Å². The fourth-order valence-electron chi connectivity index (χ4n) is 6.37. The van der Waals surface area contributed by atoms with Crippen LogP contribution in [0, 0.1) is 28.2 Å². The van der Waals surface area contributed by atoms with Crippen LogP contribution in [0.25, 0.3) is 0 Å². The van der Waals surface area contributed by atoms with Gasteiger partial charge >= 0.3 is 0 Å². The lowest BCUT2D eigenvalue weighted by Crippen LogP contribution is -2.48. The van der Waals surface area contributed by atoms with Gasteiger partial charge in [-0.2, -0.15) is 0 Å². The van der Waals surface area contributed by atoms with Crippen molar-refractivity contribution in [2.45, 2.75) is 50.9 Å². The molecule has 4 fully saturated rings. The molecular weight excluding hydrogens is 445 g/mol. The molecule has 0 atom stereocenters. The second kappa shape index (κ2) is 6.61. The van der Waals surface area contributed by atoms with Crippen LogP contribution in [0.1, 0.15) is 60.0 Å². The Labute approximate surface area is 175 Å². The SMILES string of the molecule is Cc1ccc(C(=O)Nc2ccc(C34CC5CC(CC(C5)C3)C4)cc2)c(I)c1. The van der Waals surface area contributed by atoms with Gasteiger partial charge in [-0.3, -0.25) is 4.79 Å². The molecule has 140 valence electrons. The number of carbonyl (C=O) groups excluding carboxylic acids is 1. The molecule has 4 aliphatic carbocycles. The Morgan fingerprint density at radius 2 is 1.56 bits per heavy atom. The van der Waals surface area contributed by atoms with Gasteiger partial charge in [0.15, 0.2) is 0 Å². The molecule has 0 radical (unpaired) electrons. The van der Waals surface area contributed by atoms with Gasteiger partial charge in [0, 0.05) is 9.26 Å². The van der Waals surface area contributed by atoms with Crippen molar-refractivity contribution in [2.24, 2.45) is 17.8 Å². The van der Waals surface area contributed by atoms with Crippen molar-refractivity contribution >= 4 is 34.2 Å². The maximum atomic E-state index is 12.6. The molecule has 0 aromatic heterocycles. The summed E-state index contributed by atoms with van der Waals surface area (Å²) < 4.78 is 0.996. The number of benzene rings is 2. The standard InChI is InChI=1S/C24H26INO/c1-15-2-7-21(22(25)8-15)23(27)26-20-5-3-19(4-6-20)24-12-16-9-17(13-24)11-18(10-16)14-24/h2-8,16-18H,9-14H2,1H3,(H,26,27). The van der Waals surface area contributed by atoms with Crippen LogP contribution in [-0.2, 0) is 5.41 Å². The predicted molar refractivity (Wildman–Crippen MR) is 118 cm³/mol. The van der Waals surface area contributed by atoms with E-state index in [1.165, 1.54) is 49.7 Å². The van der Waals surface area contributed by atoms with E-state index in [-0.39, 0.29) is 5.91 Å². The van der Waals surface area contributed by atoms with Crippen molar-refractivity contribution in [3.8, 4) is 0 Å². The lowest BCUT2D eigenvalue weighted by Gasteiger charge is -2.57. The van der Waals surface area contributed by atoms with E-state index in [0.717, 1.165) is 32.6 Å². The fourth-order valence-corrected chi connectivity index (χ4v) is 7.29. The molecule has 0 unspecified atom stereocenters. The zero-order valence-electron chi connectivity index (χ0n) is 15.8. The Kier molecular flexibility index (Phi) is 4.34. The first-order valence-corrected chi connectivity index (χ1v) is 11.3. The molecule has 2 nitrogen and oxygen atoms in total. The van der Waals surface area contributed by atoms with Gasteiger partial charge in [0.25, 0.3) is 5.91 Å². The largest absolute Gasteiger partial charge is 0.322 e. The Morgan fingerprint density at radius 1 is 0.963 bits per heavy atom. The van der Waals surface area contributed by atoms with Crippen molar-refractivity contribution in [2.75, 3.05) is 5.32 Å². The number of halogens is 1. The zero-order valence-corrected chi connectivity index (χ0v) is 18.0. The molecule has 0 saturated heterocycles. The molecule has 1 amide bonds. The molecule has 6 rings (SSSR count). The van der Waals surface area contributed by atoms with Gasteiger partial charge < -0.3 is 5.32 Å². The highest BCUT2D eigenvalue weighted by Gasteiger charge is 2.51. The van der Waals surface area contributed by atoms with E-state index in [2.05, 4.69) is 52.2 Å². The van der Waals surface area contributed by atoms with Gasteiger partial charge in [0.2, 0.25) is 0 Å². The first kappa shape index (κ1) is 17.7. The second-order valence-electron chi connectivity index (χ2n) is 9.21. The molecule has 0 aliphatic heterocycles. The predicted octanol–water partition coefficient (Wildman–Crippen LogP) is 6.32. The molecule has 0 heterocycles. The van der Waals surface area contributed by atoms with Crippen LogP contribution in [0.2, 0.25) is 0 Å². The van der Waals surface area contributed by atoms with Gasteiger partial charge in [0.1, 0.15) is 0 Å². The number of anilines is 1. The number of hydrogen-bond donors (Lipinski definition) is 1. The quantitative estimate of drug-likeness (QED) is 0.522. The number of nitrogens with one attached hydrogen (secondary N) is 1. The highest BCUT2D eigenvalue weighted by Crippen LogP contribution is 2.60. The first-order valence-electron chi connectivity index (χ1n) is 10.2. The molecule has 27 heavy (non-hydrogen) atoms. The van der Waals surface area contributed by atoms with Crippen LogP contribution in [0.5, 0.6) is 0 Å². The van der Waals surface area contributed by atoms with Crippen molar-refractivity contribution in [3.63, 3.8) is 0 Å². The first-order chi connectivity index (χ1) is 13.0. The molecule has 0 spiro atoms. The zero-order chi connectivity index (χ0) is 18.6. The summed E-state index contributed by atoms with van der Waals surface area (Å²) in [6.45, 7) is 2.05. The molecule has 4 bridgehead atoms. The minimum absolute atomic E-state index is 0.0260. The van der Waals surface area contributed by atoms with Crippen molar-refractivity contribution in [1.82, 2.24) is 0 Å². The summed E-state index contributed by atoms with van der Waals surface area (Å²) in [5.74, 6) is 2.85. The van der Waals surface area contributed by atoms with Gasteiger partial charge in [0.05, 0.1) is 5.56 Å². The normalized spacial score (nSPS) is 31.1. The lowest BCUT2D eigenvalue weighted by atomic mass is 9.48. The summed E-state index contributed by atoms with van der Waals surface area (Å²) in [6.07, 6.45) is 8.57. The van der Waals surface area contributed by atoms with Crippen LogP contribution in [0.4, 0.5) is 5.69 Å². The van der Waals surface area contributed by atoms with Crippen LogP contribution in [0.15, 0.2) is 42.5 Å². The second-order valence-corrected chi connectivity index (χ2v) is 10.4. The van der Waals surface area contributed by atoms with Crippen LogP contribution in [0.3, 0.4) is 0 Å². The fraction of sp³-hybridized carbons (Fsp3) is 0.458.